The maximum absolute atomic E-state index is 13.2. The molecule has 0 N–H and O–H groups in total. The molecule has 3 heterocycles. The van der Waals surface area contributed by atoms with Crippen molar-refractivity contribution in [1.29, 1.82) is 0 Å². The van der Waals surface area contributed by atoms with Crippen LogP contribution in [0.4, 0.5) is 0 Å². The molecule has 1 saturated heterocycles. The molecule has 1 fully saturated rings. The normalized spacial score (nSPS) is 21.7. The van der Waals surface area contributed by atoms with E-state index < -0.39 is 9.84 Å². The van der Waals surface area contributed by atoms with Crippen molar-refractivity contribution in [2.24, 2.45) is 0 Å². The van der Waals surface area contributed by atoms with Crippen molar-refractivity contribution in [3.05, 3.63) is 64.4 Å². The summed E-state index contributed by atoms with van der Waals surface area (Å²) in [7, 11) is -3.04. The summed E-state index contributed by atoms with van der Waals surface area (Å²) in [6.07, 6.45) is 3.66. The zero-order valence-corrected chi connectivity index (χ0v) is 18.0. The monoisotopic (exact) mass is 430 g/mol. The van der Waals surface area contributed by atoms with Gasteiger partial charge in [0.25, 0.3) is 0 Å². The van der Waals surface area contributed by atoms with Crippen molar-refractivity contribution >= 4 is 32.7 Å². The Morgan fingerprint density at radius 3 is 2.62 bits per heavy atom. The van der Waals surface area contributed by atoms with Gasteiger partial charge in [-0.05, 0) is 35.4 Å². The molecule has 2 aliphatic heterocycles. The first-order valence-electron chi connectivity index (χ1n) is 9.99. The Hall–Kier alpha value is -1.96. The fourth-order valence-electron chi connectivity index (χ4n) is 4.06. The van der Waals surface area contributed by atoms with Gasteiger partial charge in [0.05, 0.1) is 24.6 Å². The van der Waals surface area contributed by atoms with Gasteiger partial charge in [0.15, 0.2) is 9.84 Å². The van der Waals surface area contributed by atoms with E-state index in [4.69, 9.17) is 0 Å². The lowest BCUT2D eigenvalue weighted by atomic mass is 9.99. The average Bonchev–Trinajstić information content (AvgIpc) is 3.36. The third-order valence-corrected chi connectivity index (χ3v) is 8.28. The zero-order chi connectivity index (χ0) is 20.3. The van der Waals surface area contributed by atoms with Gasteiger partial charge in [-0.1, -0.05) is 42.5 Å². The molecule has 1 aromatic heterocycles. The molecule has 154 valence electrons. The van der Waals surface area contributed by atoms with Gasteiger partial charge < -0.3 is 4.90 Å². The molecule has 2 aromatic rings. The highest BCUT2D eigenvalue weighted by Gasteiger charge is 2.35. The van der Waals surface area contributed by atoms with Crippen LogP contribution in [0.3, 0.4) is 0 Å². The number of hydrogen-bond acceptors (Lipinski definition) is 5. The van der Waals surface area contributed by atoms with Gasteiger partial charge in [-0.3, -0.25) is 9.69 Å². The van der Waals surface area contributed by atoms with Crippen LogP contribution >= 0.6 is 11.3 Å². The maximum atomic E-state index is 13.2. The van der Waals surface area contributed by atoms with Crippen molar-refractivity contribution in [1.82, 2.24) is 9.80 Å². The molecule has 5 nitrogen and oxygen atoms in total. The van der Waals surface area contributed by atoms with Crippen molar-refractivity contribution in [3.8, 4) is 0 Å². The first kappa shape index (κ1) is 20.3. The summed E-state index contributed by atoms with van der Waals surface area (Å²) in [6.45, 7) is 2.41. The SMILES string of the molecule is O=C(CN1CC=C(c2ccccc2)CC1)N(Cc1cccs1)C1CCS(=O)(=O)C1. The smallest absolute Gasteiger partial charge is 0.237 e. The van der Waals surface area contributed by atoms with Gasteiger partial charge in [0.2, 0.25) is 5.91 Å². The largest absolute Gasteiger partial charge is 0.332 e. The average molecular weight is 431 g/mol. The van der Waals surface area contributed by atoms with E-state index in [0.717, 1.165) is 24.4 Å². The van der Waals surface area contributed by atoms with E-state index in [1.165, 1.54) is 11.1 Å². The van der Waals surface area contributed by atoms with Gasteiger partial charge in [-0.25, -0.2) is 8.42 Å². The van der Waals surface area contributed by atoms with E-state index in [0.29, 0.717) is 19.5 Å². The number of benzene rings is 1. The number of rotatable bonds is 6. The van der Waals surface area contributed by atoms with Crippen LogP contribution in [0, 0.1) is 0 Å². The summed E-state index contributed by atoms with van der Waals surface area (Å²) in [5.41, 5.74) is 2.57. The van der Waals surface area contributed by atoms with Crippen LogP contribution < -0.4 is 0 Å². The maximum Gasteiger partial charge on any atom is 0.237 e. The summed E-state index contributed by atoms with van der Waals surface area (Å²) in [5, 5.41) is 1.99. The summed E-state index contributed by atoms with van der Waals surface area (Å²) < 4.78 is 24.0. The Morgan fingerprint density at radius 1 is 1.17 bits per heavy atom. The van der Waals surface area contributed by atoms with E-state index in [1.807, 2.05) is 35.7 Å². The molecule has 1 atom stereocenters. The highest BCUT2D eigenvalue weighted by atomic mass is 32.2. The summed E-state index contributed by atoms with van der Waals surface area (Å²) in [5.74, 6) is 0.290. The van der Waals surface area contributed by atoms with Crippen LogP contribution in [-0.2, 0) is 21.2 Å². The van der Waals surface area contributed by atoms with E-state index in [-0.39, 0.29) is 23.5 Å². The lowest BCUT2D eigenvalue weighted by Gasteiger charge is -2.32. The van der Waals surface area contributed by atoms with Crippen LogP contribution in [0.15, 0.2) is 53.9 Å². The minimum absolute atomic E-state index is 0.0251. The summed E-state index contributed by atoms with van der Waals surface area (Å²) >= 11 is 1.60. The van der Waals surface area contributed by atoms with Gasteiger partial charge >= 0.3 is 0 Å². The van der Waals surface area contributed by atoms with Crippen molar-refractivity contribution in [2.45, 2.75) is 25.4 Å². The number of amides is 1. The van der Waals surface area contributed by atoms with Gasteiger partial charge in [0, 0.05) is 24.0 Å². The van der Waals surface area contributed by atoms with Gasteiger partial charge in [0.1, 0.15) is 0 Å². The van der Waals surface area contributed by atoms with Crippen molar-refractivity contribution in [3.63, 3.8) is 0 Å². The Labute approximate surface area is 176 Å². The number of thiophene rings is 1. The fraction of sp³-hybridized carbons (Fsp3) is 0.409. The second-order valence-corrected chi connectivity index (χ2v) is 11.0. The highest BCUT2D eigenvalue weighted by molar-refractivity contribution is 7.91. The van der Waals surface area contributed by atoms with Crippen LogP contribution in [0.2, 0.25) is 0 Å². The zero-order valence-electron chi connectivity index (χ0n) is 16.4. The number of carbonyl (C=O) groups excluding carboxylic acids is 1. The molecule has 2 aliphatic rings. The second-order valence-electron chi connectivity index (χ2n) is 7.74. The van der Waals surface area contributed by atoms with Crippen molar-refractivity contribution in [2.75, 3.05) is 31.1 Å². The van der Waals surface area contributed by atoms with Crippen LogP contribution in [0.5, 0.6) is 0 Å². The molecule has 1 amide bonds. The van der Waals surface area contributed by atoms with Gasteiger partial charge in [-0.15, -0.1) is 11.3 Å². The van der Waals surface area contributed by atoms with Crippen molar-refractivity contribution < 1.29 is 13.2 Å². The number of carbonyl (C=O) groups is 1. The lowest BCUT2D eigenvalue weighted by molar-refractivity contribution is -0.134. The van der Waals surface area contributed by atoms with E-state index in [2.05, 4.69) is 23.1 Å². The standard InChI is InChI=1S/C22H26N2O3S2/c25-22(16-23-11-8-19(9-12-23)18-5-2-1-3-6-18)24(15-21-7-4-13-28-21)20-10-14-29(26,27)17-20/h1-8,13,20H,9-12,14-17H2. The van der Waals surface area contributed by atoms with E-state index in [9.17, 15) is 13.2 Å². The van der Waals surface area contributed by atoms with E-state index in [1.54, 1.807) is 16.2 Å². The predicted molar refractivity (Wildman–Crippen MR) is 117 cm³/mol. The summed E-state index contributed by atoms with van der Waals surface area (Å²) in [4.78, 5) is 18.2. The molecular formula is C22H26N2O3S2. The van der Waals surface area contributed by atoms with Crippen LogP contribution in [0.1, 0.15) is 23.3 Å². The third kappa shape index (κ3) is 5.15. The second kappa shape index (κ2) is 8.81. The molecule has 29 heavy (non-hydrogen) atoms. The Balaban J connectivity index is 1.42. The topological polar surface area (TPSA) is 57.7 Å². The number of sulfone groups is 1. The molecule has 1 unspecified atom stereocenters. The Kier molecular flexibility index (Phi) is 6.18. The Bertz CT molecular complexity index is 969. The predicted octanol–water partition coefficient (Wildman–Crippen LogP) is 3.05. The minimum Gasteiger partial charge on any atom is -0.332 e. The fourth-order valence-corrected chi connectivity index (χ4v) is 6.50. The molecular weight excluding hydrogens is 404 g/mol. The molecule has 7 heteroatoms. The molecule has 0 bridgehead atoms. The molecule has 0 saturated carbocycles. The molecule has 1 aromatic carbocycles. The minimum atomic E-state index is -3.04. The van der Waals surface area contributed by atoms with Crippen LogP contribution in [-0.4, -0.2) is 61.3 Å². The quantitative estimate of drug-likeness (QED) is 0.707. The molecule has 0 spiro atoms. The number of nitrogens with zero attached hydrogens (tertiary/aromatic N) is 2. The third-order valence-electron chi connectivity index (χ3n) is 5.67. The first-order valence-corrected chi connectivity index (χ1v) is 12.7. The van der Waals surface area contributed by atoms with Gasteiger partial charge in [-0.2, -0.15) is 0 Å². The lowest BCUT2D eigenvalue weighted by Crippen LogP contribution is -2.46. The van der Waals surface area contributed by atoms with Crippen LogP contribution in [0.25, 0.3) is 5.57 Å². The molecule has 4 rings (SSSR count). The highest BCUT2D eigenvalue weighted by Crippen LogP contribution is 2.24. The van der Waals surface area contributed by atoms with E-state index >= 15 is 0 Å². The Morgan fingerprint density at radius 2 is 2.00 bits per heavy atom. The first-order chi connectivity index (χ1) is 14.0. The summed E-state index contributed by atoms with van der Waals surface area (Å²) in [6, 6.07) is 14.1. The number of hydrogen-bond donors (Lipinski definition) is 0. The molecule has 0 aliphatic carbocycles. The molecule has 0 radical (unpaired) electrons.